The van der Waals surface area contributed by atoms with Crippen LogP contribution < -0.4 is 4.74 Å². The average molecular weight is 250 g/mol. The maximum atomic E-state index is 5.73. The average Bonchev–Trinajstić information content (AvgIpc) is 2.16. The lowest BCUT2D eigenvalue weighted by molar-refractivity contribution is 0.250. The van der Waals surface area contributed by atoms with Gasteiger partial charge in [0.05, 0.1) is 0 Å². The summed E-state index contributed by atoms with van der Waals surface area (Å²) in [4.78, 5) is 0. The molecule has 1 heterocycles. The first-order valence-corrected chi connectivity index (χ1v) is 5.21. The molecule has 0 aliphatic carbocycles. The summed E-state index contributed by atoms with van der Waals surface area (Å²) < 4.78 is 4.09. The Balaban J connectivity index is 2.30. The molecule has 0 bridgehead atoms. The molecule has 0 saturated carbocycles. The molecule has 1 aromatic carbocycles. The molecule has 1 nitrogen and oxygen atoms in total. The van der Waals surface area contributed by atoms with E-state index in [1.54, 1.807) is 6.08 Å². The Bertz CT molecular complexity index is 368. The molecular weight excluding hydrogens is 242 g/mol. The molecule has 1 aliphatic heterocycles. The van der Waals surface area contributed by atoms with Crippen molar-refractivity contribution in [2.75, 3.05) is 0 Å². The molecule has 0 aromatic heterocycles. The second kappa shape index (κ2) is 3.65. The molecule has 0 radical (unpaired) electrons. The normalized spacial score (nSPS) is 20.1. The Hall–Kier alpha value is -0.370. The van der Waals surface area contributed by atoms with E-state index in [2.05, 4.69) is 0 Å². The van der Waals surface area contributed by atoms with Gasteiger partial charge in [-0.2, -0.15) is 0 Å². The van der Waals surface area contributed by atoms with Gasteiger partial charge in [-0.1, -0.05) is 59.1 Å². The van der Waals surface area contributed by atoms with E-state index in [0.29, 0.717) is 0 Å². The minimum absolute atomic E-state index is 0.526. The van der Waals surface area contributed by atoms with Crippen LogP contribution in [0.5, 0.6) is 5.75 Å². The van der Waals surface area contributed by atoms with Crippen molar-refractivity contribution >= 4 is 40.9 Å². The molecule has 0 spiro atoms. The standard InChI is InChI=1S/C10H7Cl3O/c11-10(12,13)9-6-5-7-3-1-2-4-8(7)14-9/h1-6,9H. The summed E-state index contributed by atoms with van der Waals surface area (Å²) in [6.45, 7) is 0. The van der Waals surface area contributed by atoms with Gasteiger partial charge in [0, 0.05) is 5.56 Å². The summed E-state index contributed by atoms with van der Waals surface area (Å²) in [7, 11) is 0. The van der Waals surface area contributed by atoms with E-state index in [0.717, 1.165) is 11.3 Å². The number of alkyl halides is 3. The predicted molar refractivity (Wildman–Crippen MR) is 60.2 cm³/mol. The molecular formula is C10H7Cl3O. The van der Waals surface area contributed by atoms with E-state index in [1.165, 1.54) is 0 Å². The first kappa shape index (κ1) is 10.2. The van der Waals surface area contributed by atoms with Gasteiger partial charge in [-0.3, -0.25) is 0 Å². The summed E-state index contributed by atoms with van der Waals surface area (Å²) in [5.41, 5.74) is 0.998. The maximum Gasteiger partial charge on any atom is 0.230 e. The zero-order valence-electron chi connectivity index (χ0n) is 7.08. The van der Waals surface area contributed by atoms with Crippen LogP contribution in [0.2, 0.25) is 0 Å². The van der Waals surface area contributed by atoms with Crippen molar-refractivity contribution < 1.29 is 4.74 Å². The molecule has 14 heavy (non-hydrogen) atoms. The van der Waals surface area contributed by atoms with Crippen molar-refractivity contribution in [3.63, 3.8) is 0 Å². The molecule has 1 atom stereocenters. The van der Waals surface area contributed by atoms with Crippen molar-refractivity contribution in [2.24, 2.45) is 0 Å². The van der Waals surface area contributed by atoms with Gasteiger partial charge < -0.3 is 4.74 Å². The van der Waals surface area contributed by atoms with E-state index in [-0.39, 0.29) is 0 Å². The second-order valence-corrected chi connectivity index (χ2v) is 5.35. The van der Waals surface area contributed by atoms with Gasteiger partial charge in [0.15, 0.2) is 6.10 Å². The number of benzene rings is 1. The third-order valence-corrected chi connectivity index (χ3v) is 2.59. The zero-order valence-corrected chi connectivity index (χ0v) is 9.35. The first-order valence-electron chi connectivity index (χ1n) is 4.08. The maximum absolute atomic E-state index is 5.73. The largest absolute Gasteiger partial charge is 0.481 e. The molecule has 2 rings (SSSR count). The smallest absolute Gasteiger partial charge is 0.230 e. The molecule has 74 valence electrons. The summed E-state index contributed by atoms with van der Waals surface area (Å²) in [5.74, 6) is 0.742. The van der Waals surface area contributed by atoms with Gasteiger partial charge in [0.2, 0.25) is 3.79 Å². The van der Waals surface area contributed by atoms with E-state index in [9.17, 15) is 0 Å². The van der Waals surface area contributed by atoms with Crippen molar-refractivity contribution in [2.45, 2.75) is 9.90 Å². The Morgan fingerprint density at radius 3 is 2.57 bits per heavy atom. The fourth-order valence-electron chi connectivity index (χ4n) is 1.27. The molecule has 0 amide bonds. The minimum atomic E-state index is -1.43. The van der Waals surface area contributed by atoms with Gasteiger partial charge in [0.1, 0.15) is 5.75 Å². The Kier molecular flexibility index (Phi) is 2.65. The number of hydrogen-bond donors (Lipinski definition) is 0. The van der Waals surface area contributed by atoms with Crippen LogP contribution in [0.4, 0.5) is 0 Å². The van der Waals surface area contributed by atoms with Crippen molar-refractivity contribution in [1.82, 2.24) is 0 Å². The van der Waals surface area contributed by atoms with Crippen molar-refractivity contribution in [3.8, 4) is 5.75 Å². The summed E-state index contributed by atoms with van der Waals surface area (Å²) in [6, 6.07) is 7.61. The van der Waals surface area contributed by atoms with Crippen molar-refractivity contribution in [1.29, 1.82) is 0 Å². The van der Waals surface area contributed by atoms with E-state index in [4.69, 9.17) is 39.5 Å². The number of para-hydroxylation sites is 1. The minimum Gasteiger partial charge on any atom is -0.481 e. The zero-order chi connectivity index (χ0) is 10.2. The number of fused-ring (bicyclic) bond motifs is 1. The van der Waals surface area contributed by atoms with Crippen LogP contribution in [0, 0.1) is 0 Å². The highest BCUT2D eigenvalue weighted by atomic mass is 35.6. The topological polar surface area (TPSA) is 9.23 Å². The van der Waals surface area contributed by atoms with E-state index >= 15 is 0 Å². The van der Waals surface area contributed by atoms with Gasteiger partial charge in [-0.25, -0.2) is 0 Å². The van der Waals surface area contributed by atoms with Crippen molar-refractivity contribution in [3.05, 3.63) is 35.9 Å². The van der Waals surface area contributed by atoms with Crippen LogP contribution in [-0.2, 0) is 0 Å². The highest BCUT2D eigenvalue weighted by molar-refractivity contribution is 6.68. The molecule has 1 aliphatic rings. The van der Waals surface area contributed by atoms with E-state index in [1.807, 2.05) is 30.3 Å². The van der Waals surface area contributed by atoms with E-state index < -0.39 is 9.90 Å². The quantitative estimate of drug-likeness (QED) is 0.635. The Morgan fingerprint density at radius 2 is 1.86 bits per heavy atom. The molecule has 0 fully saturated rings. The van der Waals surface area contributed by atoms with Gasteiger partial charge >= 0.3 is 0 Å². The lowest BCUT2D eigenvalue weighted by atomic mass is 10.1. The third kappa shape index (κ3) is 2.00. The highest BCUT2D eigenvalue weighted by Crippen LogP contribution is 2.37. The molecule has 0 N–H and O–H groups in total. The van der Waals surface area contributed by atoms with Gasteiger partial charge in [-0.05, 0) is 12.1 Å². The van der Waals surface area contributed by atoms with Crippen LogP contribution in [0.1, 0.15) is 5.56 Å². The van der Waals surface area contributed by atoms with Gasteiger partial charge in [-0.15, -0.1) is 0 Å². The number of ether oxygens (including phenoxy) is 1. The number of halogens is 3. The summed E-state index contributed by atoms with van der Waals surface area (Å²) in [6.07, 6.45) is 3.11. The molecule has 4 heteroatoms. The van der Waals surface area contributed by atoms with Crippen LogP contribution >= 0.6 is 34.8 Å². The summed E-state index contributed by atoms with van der Waals surface area (Å²) >= 11 is 17.2. The first-order chi connectivity index (χ1) is 6.57. The van der Waals surface area contributed by atoms with Crippen LogP contribution in [0.25, 0.3) is 6.08 Å². The lowest BCUT2D eigenvalue weighted by Crippen LogP contribution is -2.31. The predicted octanol–water partition coefficient (Wildman–Crippen LogP) is 3.83. The summed E-state index contributed by atoms with van der Waals surface area (Å²) in [5, 5.41) is 0. The molecule has 0 saturated heterocycles. The monoisotopic (exact) mass is 248 g/mol. The number of hydrogen-bond acceptors (Lipinski definition) is 1. The lowest BCUT2D eigenvalue weighted by Gasteiger charge is -2.26. The SMILES string of the molecule is ClC(Cl)(Cl)C1C=Cc2ccccc2O1. The fourth-order valence-corrected chi connectivity index (χ4v) is 1.62. The highest BCUT2D eigenvalue weighted by Gasteiger charge is 2.34. The van der Waals surface area contributed by atoms with Gasteiger partial charge in [0.25, 0.3) is 0 Å². The molecule has 1 aromatic rings. The fraction of sp³-hybridized carbons (Fsp3) is 0.200. The Labute approximate surface area is 97.2 Å². The number of rotatable bonds is 0. The Morgan fingerprint density at radius 1 is 1.14 bits per heavy atom. The second-order valence-electron chi connectivity index (χ2n) is 2.98. The van der Waals surface area contributed by atoms with Crippen LogP contribution in [0.3, 0.4) is 0 Å². The van der Waals surface area contributed by atoms with Crippen LogP contribution in [0.15, 0.2) is 30.3 Å². The van der Waals surface area contributed by atoms with Crippen LogP contribution in [-0.4, -0.2) is 9.90 Å². The molecule has 1 unspecified atom stereocenters. The third-order valence-electron chi connectivity index (χ3n) is 1.95.